The molecule has 1 fully saturated rings. The molecule has 27 heavy (non-hydrogen) atoms. The first-order valence-electron chi connectivity index (χ1n) is 9.15. The third kappa shape index (κ3) is 4.33. The summed E-state index contributed by atoms with van der Waals surface area (Å²) in [6.45, 7) is 7.21. The normalized spacial score (nSPS) is 15.0. The summed E-state index contributed by atoms with van der Waals surface area (Å²) in [6.07, 6.45) is 1.14. The third-order valence-electron chi connectivity index (χ3n) is 4.77. The van der Waals surface area contributed by atoms with Crippen molar-refractivity contribution in [2.24, 2.45) is 0 Å². The Hall–Kier alpha value is -2.34. The van der Waals surface area contributed by atoms with Crippen LogP contribution in [0.3, 0.4) is 0 Å². The van der Waals surface area contributed by atoms with E-state index in [9.17, 15) is 9.59 Å². The maximum Gasteiger partial charge on any atom is 0.343 e. The number of carbonyl (C=O) groups is 2. The van der Waals surface area contributed by atoms with Gasteiger partial charge in [-0.2, -0.15) is 5.10 Å². The number of ether oxygens (including phenoxy) is 1. The maximum atomic E-state index is 12.6. The van der Waals surface area contributed by atoms with Crippen LogP contribution in [0.15, 0.2) is 24.3 Å². The highest BCUT2D eigenvalue weighted by Crippen LogP contribution is 2.23. The van der Waals surface area contributed by atoms with Crippen molar-refractivity contribution in [2.45, 2.75) is 46.3 Å². The fourth-order valence-corrected chi connectivity index (χ4v) is 3.53. The lowest BCUT2D eigenvalue weighted by Crippen LogP contribution is -2.38. The molecule has 2 aromatic rings. The molecule has 6 nitrogen and oxygen atoms in total. The Morgan fingerprint density at radius 2 is 1.81 bits per heavy atom. The van der Waals surface area contributed by atoms with E-state index >= 15 is 0 Å². The number of rotatable bonds is 5. The van der Waals surface area contributed by atoms with E-state index in [4.69, 9.17) is 16.3 Å². The van der Waals surface area contributed by atoms with Gasteiger partial charge in [0.15, 0.2) is 6.10 Å². The number of aryl methyl sites for hydroxylation is 2. The number of aromatic nitrogens is 2. The molecule has 0 aliphatic carbocycles. The summed E-state index contributed by atoms with van der Waals surface area (Å²) >= 11 is 6.40. The van der Waals surface area contributed by atoms with Crippen LogP contribution < -0.4 is 0 Å². The van der Waals surface area contributed by atoms with Gasteiger partial charge in [0.25, 0.3) is 5.91 Å². The lowest BCUT2D eigenvalue weighted by Gasteiger charge is -2.20. The van der Waals surface area contributed by atoms with Crippen LogP contribution in [0.5, 0.6) is 0 Å². The van der Waals surface area contributed by atoms with Crippen LogP contribution in [0.1, 0.15) is 46.9 Å². The smallest absolute Gasteiger partial charge is 0.343 e. The monoisotopic (exact) mass is 389 g/mol. The van der Waals surface area contributed by atoms with Gasteiger partial charge in [-0.1, -0.05) is 41.4 Å². The zero-order valence-electron chi connectivity index (χ0n) is 15.9. The maximum absolute atomic E-state index is 12.6. The molecular weight excluding hydrogens is 366 g/mol. The zero-order chi connectivity index (χ0) is 19.6. The van der Waals surface area contributed by atoms with Gasteiger partial charge in [-0.05, 0) is 39.2 Å². The Morgan fingerprint density at radius 3 is 2.44 bits per heavy atom. The molecule has 3 rings (SSSR count). The molecule has 1 atom stereocenters. The van der Waals surface area contributed by atoms with E-state index in [1.807, 2.05) is 31.2 Å². The molecule has 1 aliphatic rings. The molecular formula is C20H24ClN3O3. The highest BCUT2D eigenvalue weighted by molar-refractivity contribution is 6.32. The highest BCUT2D eigenvalue weighted by Gasteiger charge is 2.29. The van der Waals surface area contributed by atoms with Crippen molar-refractivity contribution < 1.29 is 14.3 Å². The number of hydrogen-bond donors (Lipinski definition) is 0. The topological polar surface area (TPSA) is 64.4 Å². The van der Waals surface area contributed by atoms with Gasteiger partial charge in [-0.3, -0.25) is 4.79 Å². The first-order valence-corrected chi connectivity index (χ1v) is 9.53. The Kier molecular flexibility index (Phi) is 5.85. The van der Waals surface area contributed by atoms with Crippen LogP contribution in [0.25, 0.3) is 0 Å². The van der Waals surface area contributed by atoms with Crippen LogP contribution in [-0.2, 0) is 16.1 Å². The van der Waals surface area contributed by atoms with Crippen molar-refractivity contribution in [3.63, 3.8) is 0 Å². The molecule has 0 bridgehead atoms. The zero-order valence-corrected chi connectivity index (χ0v) is 16.6. The van der Waals surface area contributed by atoms with E-state index in [0.717, 1.165) is 31.5 Å². The van der Waals surface area contributed by atoms with Crippen LogP contribution >= 0.6 is 11.6 Å². The van der Waals surface area contributed by atoms with E-state index in [1.165, 1.54) is 5.56 Å². The van der Waals surface area contributed by atoms with Crippen molar-refractivity contribution in [1.29, 1.82) is 0 Å². The van der Waals surface area contributed by atoms with Crippen molar-refractivity contribution in [2.75, 3.05) is 13.1 Å². The number of likely N-dealkylation sites (tertiary alicyclic amines) is 1. The summed E-state index contributed by atoms with van der Waals surface area (Å²) in [6, 6.07) is 8.02. The lowest BCUT2D eigenvalue weighted by atomic mass is 10.1. The predicted molar refractivity (Wildman–Crippen MR) is 103 cm³/mol. The molecule has 1 aliphatic heterocycles. The number of amides is 1. The molecule has 7 heteroatoms. The SMILES string of the molecule is Cc1ccc(Cn2nc(C)c(C(=O)OC(C)C(=O)N3CCCC3)c2Cl)cc1. The molecule has 0 N–H and O–H groups in total. The molecule has 144 valence electrons. The minimum absolute atomic E-state index is 0.165. The largest absolute Gasteiger partial charge is 0.449 e. The first-order chi connectivity index (χ1) is 12.9. The third-order valence-corrected chi connectivity index (χ3v) is 5.16. The number of esters is 1. The van der Waals surface area contributed by atoms with E-state index in [-0.39, 0.29) is 16.6 Å². The minimum atomic E-state index is -0.841. The Labute approximate surface area is 164 Å². The second-order valence-corrected chi connectivity index (χ2v) is 7.33. The van der Waals surface area contributed by atoms with Gasteiger partial charge in [0, 0.05) is 13.1 Å². The van der Waals surface area contributed by atoms with Crippen molar-refractivity contribution in [1.82, 2.24) is 14.7 Å². The predicted octanol–water partition coefficient (Wildman–Crippen LogP) is 3.37. The van der Waals surface area contributed by atoms with Gasteiger partial charge < -0.3 is 9.64 Å². The van der Waals surface area contributed by atoms with Gasteiger partial charge in [-0.25, -0.2) is 9.48 Å². The summed E-state index contributed by atoms with van der Waals surface area (Å²) in [7, 11) is 0. The van der Waals surface area contributed by atoms with Gasteiger partial charge in [0.1, 0.15) is 10.7 Å². The second-order valence-electron chi connectivity index (χ2n) is 6.97. The van der Waals surface area contributed by atoms with Crippen molar-refractivity contribution in [3.05, 3.63) is 51.8 Å². The Bertz CT molecular complexity index is 839. The van der Waals surface area contributed by atoms with Crippen LogP contribution in [0.4, 0.5) is 0 Å². The van der Waals surface area contributed by atoms with Gasteiger partial charge in [-0.15, -0.1) is 0 Å². The quantitative estimate of drug-likeness (QED) is 0.735. The van der Waals surface area contributed by atoms with E-state index < -0.39 is 12.1 Å². The van der Waals surface area contributed by atoms with Crippen molar-refractivity contribution >= 4 is 23.5 Å². The molecule has 1 saturated heterocycles. The number of halogens is 1. The summed E-state index contributed by atoms with van der Waals surface area (Å²) < 4.78 is 6.96. The lowest BCUT2D eigenvalue weighted by molar-refractivity contribution is -0.138. The fourth-order valence-electron chi connectivity index (χ4n) is 3.22. The highest BCUT2D eigenvalue weighted by atomic mass is 35.5. The Balaban J connectivity index is 1.72. The first kappa shape index (κ1) is 19.4. The van der Waals surface area contributed by atoms with Gasteiger partial charge >= 0.3 is 5.97 Å². The van der Waals surface area contributed by atoms with E-state index in [1.54, 1.807) is 23.4 Å². The minimum Gasteiger partial charge on any atom is -0.449 e. The Morgan fingerprint density at radius 1 is 1.19 bits per heavy atom. The number of hydrogen-bond acceptors (Lipinski definition) is 4. The van der Waals surface area contributed by atoms with Crippen LogP contribution in [0.2, 0.25) is 5.15 Å². The van der Waals surface area contributed by atoms with E-state index in [2.05, 4.69) is 5.10 Å². The number of nitrogens with zero attached hydrogens (tertiary/aromatic N) is 3. The van der Waals surface area contributed by atoms with Gasteiger partial charge in [0.2, 0.25) is 0 Å². The summed E-state index contributed by atoms with van der Waals surface area (Å²) in [5, 5.41) is 4.59. The molecule has 1 aromatic carbocycles. The average Bonchev–Trinajstić information content (AvgIpc) is 3.25. The summed E-state index contributed by atoms with van der Waals surface area (Å²) in [5.74, 6) is -0.783. The summed E-state index contributed by atoms with van der Waals surface area (Å²) in [5.41, 5.74) is 2.90. The second kappa shape index (κ2) is 8.13. The fraction of sp³-hybridized carbons (Fsp3) is 0.450. The molecule has 2 heterocycles. The van der Waals surface area contributed by atoms with Crippen molar-refractivity contribution in [3.8, 4) is 0 Å². The molecule has 0 spiro atoms. The molecule has 1 unspecified atom stereocenters. The summed E-state index contributed by atoms with van der Waals surface area (Å²) in [4.78, 5) is 26.7. The molecule has 1 amide bonds. The van der Waals surface area contributed by atoms with Gasteiger partial charge in [0.05, 0.1) is 12.2 Å². The number of carbonyl (C=O) groups excluding carboxylic acids is 2. The molecule has 0 radical (unpaired) electrons. The molecule has 1 aromatic heterocycles. The standard InChI is InChI=1S/C20H24ClN3O3/c1-13-6-8-16(9-7-13)12-24-18(21)17(14(2)22-24)20(26)27-15(3)19(25)23-10-4-5-11-23/h6-9,15H,4-5,10-12H2,1-3H3. The average molecular weight is 390 g/mol. The molecule has 0 saturated carbocycles. The van der Waals surface area contributed by atoms with E-state index in [0.29, 0.717) is 12.2 Å². The van der Waals surface area contributed by atoms with Crippen LogP contribution in [0, 0.1) is 13.8 Å². The van der Waals surface area contributed by atoms with Crippen LogP contribution in [-0.4, -0.2) is 45.8 Å². The number of benzene rings is 1.